The third-order valence-electron chi connectivity index (χ3n) is 8.41. The van der Waals surface area contributed by atoms with Gasteiger partial charge in [0.25, 0.3) is 0 Å². The van der Waals surface area contributed by atoms with Crippen molar-refractivity contribution >= 4 is 33.1 Å². The summed E-state index contributed by atoms with van der Waals surface area (Å²) in [5.41, 5.74) is 2.20. The van der Waals surface area contributed by atoms with Crippen LogP contribution in [0.5, 0.6) is 0 Å². The van der Waals surface area contributed by atoms with Crippen molar-refractivity contribution in [2.24, 2.45) is 5.92 Å². The number of anilines is 1. The van der Waals surface area contributed by atoms with Crippen LogP contribution in [0, 0.1) is 5.92 Å². The number of likely N-dealkylation sites (tertiary alicyclic amines) is 1. The molecule has 2 fully saturated rings. The van der Waals surface area contributed by atoms with E-state index >= 15 is 0 Å². The molecule has 1 aliphatic carbocycles. The Labute approximate surface area is 259 Å². The molecule has 3 aromatic rings. The van der Waals surface area contributed by atoms with Crippen molar-refractivity contribution in [2.45, 2.75) is 82.3 Å². The van der Waals surface area contributed by atoms with E-state index in [0.717, 1.165) is 48.8 Å². The Balaban J connectivity index is 1.29. The van der Waals surface area contributed by atoms with Crippen LogP contribution in [-0.4, -0.2) is 76.5 Å². The van der Waals surface area contributed by atoms with E-state index in [4.69, 9.17) is 14.8 Å². The number of piperidine rings is 1. The second-order valence-corrected chi connectivity index (χ2v) is 13.6. The number of benzene rings is 1. The molecule has 3 heterocycles. The number of aliphatic hydroxyl groups is 1. The fourth-order valence-corrected chi connectivity index (χ4v) is 6.91. The van der Waals surface area contributed by atoms with Gasteiger partial charge in [0, 0.05) is 37.9 Å². The van der Waals surface area contributed by atoms with Gasteiger partial charge in [-0.1, -0.05) is 32.1 Å². The first-order chi connectivity index (χ1) is 21.1. The van der Waals surface area contributed by atoms with Crippen LogP contribution in [0.15, 0.2) is 47.7 Å². The molecule has 13 heteroatoms. The van der Waals surface area contributed by atoms with Crippen LogP contribution in [0.25, 0.3) is 22.3 Å². The van der Waals surface area contributed by atoms with E-state index < -0.39 is 16.1 Å². The second kappa shape index (κ2) is 14.0. The van der Waals surface area contributed by atoms with Gasteiger partial charge in [-0.05, 0) is 69.9 Å². The first kappa shape index (κ1) is 31.9. The lowest BCUT2D eigenvalue weighted by molar-refractivity contribution is 0.109. The zero-order valence-electron chi connectivity index (χ0n) is 25.5. The highest BCUT2D eigenvalue weighted by atomic mass is 32.2. The minimum atomic E-state index is -3.73. The second-order valence-electron chi connectivity index (χ2n) is 11.8. The summed E-state index contributed by atoms with van der Waals surface area (Å²) < 4.78 is 36.1. The molecular formula is C31H43N7O5S. The standard InChI is InChI=1S/C31H43N7O5S/c1-4-5-16-32-30-33-20-27-28(36-38(29(27)35-30)24-8-10-25(39)11-9-24)23-6-12-26(13-7-23)44(41,42)34-19-22-14-17-37(18-15-22)31(40)43-21(2)3/h6-7,12-13,20,22,24-25,34,39H,2,4-5,8-11,14-19H2,1,3H3,(H,32,33,35). The predicted molar refractivity (Wildman–Crippen MR) is 168 cm³/mol. The van der Waals surface area contributed by atoms with Gasteiger partial charge < -0.3 is 20.1 Å². The molecular weight excluding hydrogens is 582 g/mol. The SMILES string of the molecule is C=C(C)OC(=O)N1CCC(CNS(=O)(=O)c2ccc(-c3nn(C4CCC(O)CC4)c4nc(NCCCC)ncc34)cc2)CC1. The summed E-state index contributed by atoms with van der Waals surface area (Å²) in [5.74, 6) is 1.02. The Morgan fingerprint density at radius 2 is 1.82 bits per heavy atom. The molecule has 0 unspecified atom stereocenters. The predicted octanol–water partition coefficient (Wildman–Crippen LogP) is 4.84. The molecule has 0 atom stereocenters. The number of nitrogens with one attached hydrogen (secondary N) is 2. The van der Waals surface area contributed by atoms with Crippen LogP contribution in [-0.2, 0) is 14.8 Å². The summed E-state index contributed by atoms with van der Waals surface area (Å²) >= 11 is 0. The summed E-state index contributed by atoms with van der Waals surface area (Å²) in [6, 6.07) is 6.84. The summed E-state index contributed by atoms with van der Waals surface area (Å²) in [7, 11) is -3.73. The average molecular weight is 626 g/mol. The number of aromatic nitrogens is 4. The third-order valence-corrected chi connectivity index (χ3v) is 9.85. The number of hydrogen-bond donors (Lipinski definition) is 3. The van der Waals surface area contributed by atoms with Crippen molar-refractivity contribution in [3.05, 3.63) is 42.8 Å². The molecule has 1 saturated heterocycles. The van der Waals surface area contributed by atoms with Gasteiger partial charge in [-0.2, -0.15) is 10.1 Å². The van der Waals surface area contributed by atoms with Crippen molar-refractivity contribution in [1.82, 2.24) is 29.4 Å². The van der Waals surface area contributed by atoms with Crippen molar-refractivity contribution in [2.75, 3.05) is 31.5 Å². The maximum Gasteiger partial charge on any atom is 0.414 e. The number of rotatable bonds is 11. The number of amides is 1. The monoisotopic (exact) mass is 625 g/mol. The number of carbonyl (C=O) groups is 1. The Morgan fingerprint density at radius 3 is 2.48 bits per heavy atom. The van der Waals surface area contributed by atoms with E-state index in [-0.39, 0.29) is 23.0 Å². The molecule has 1 amide bonds. The molecule has 44 heavy (non-hydrogen) atoms. The minimum Gasteiger partial charge on any atom is -0.416 e. The zero-order chi connectivity index (χ0) is 31.3. The van der Waals surface area contributed by atoms with E-state index in [2.05, 4.69) is 28.5 Å². The van der Waals surface area contributed by atoms with Gasteiger partial charge >= 0.3 is 6.09 Å². The minimum absolute atomic E-state index is 0.112. The number of unbranched alkanes of at least 4 members (excludes halogenated alkanes) is 1. The summed E-state index contributed by atoms with van der Waals surface area (Å²) in [6.07, 6.45) is 7.57. The van der Waals surface area contributed by atoms with Gasteiger partial charge in [0.2, 0.25) is 16.0 Å². The molecule has 0 bridgehead atoms. The summed E-state index contributed by atoms with van der Waals surface area (Å²) in [5, 5.41) is 19.1. The lowest BCUT2D eigenvalue weighted by Crippen LogP contribution is -2.41. The maximum absolute atomic E-state index is 13.1. The quantitative estimate of drug-likeness (QED) is 0.201. The highest BCUT2D eigenvalue weighted by Crippen LogP contribution is 2.35. The third kappa shape index (κ3) is 7.56. The first-order valence-corrected chi connectivity index (χ1v) is 17.0. The van der Waals surface area contributed by atoms with E-state index in [9.17, 15) is 18.3 Å². The number of fused-ring (bicyclic) bond motifs is 1. The number of hydrogen-bond acceptors (Lipinski definition) is 9. The van der Waals surface area contributed by atoms with Crippen molar-refractivity contribution < 1.29 is 23.1 Å². The van der Waals surface area contributed by atoms with E-state index in [0.29, 0.717) is 62.7 Å². The topological polar surface area (TPSA) is 152 Å². The Kier molecular flexibility index (Phi) is 10.2. The van der Waals surface area contributed by atoms with Crippen LogP contribution in [0.3, 0.4) is 0 Å². The van der Waals surface area contributed by atoms with Gasteiger partial charge in [-0.3, -0.25) is 0 Å². The summed E-state index contributed by atoms with van der Waals surface area (Å²) in [6.45, 7) is 9.45. The largest absolute Gasteiger partial charge is 0.416 e. The molecule has 1 saturated carbocycles. The van der Waals surface area contributed by atoms with Crippen LogP contribution < -0.4 is 10.0 Å². The fourth-order valence-electron chi connectivity index (χ4n) is 5.79. The van der Waals surface area contributed by atoms with Gasteiger partial charge in [-0.25, -0.2) is 27.6 Å². The van der Waals surface area contributed by atoms with Gasteiger partial charge in [-0.15, -0.1) is 0 Å². The highest BCUT2D eigenvalue weighted by Gasteiger charge is 2.27. The molecule has 1 aliphatic heterocycles. The number of aliphatic hydroxyl groups excluding tert-OH is 1. The number of ether oxygens (including phenoxy) is 1. The van der Waals surface area contributed by atoms with E-state index in [1.54, 1.807) is 42.3 Å². The highest BCUT2D eigenvalue weighted by molar-refractivity contribution is 7.89. The van der Waals surface area contributed by atoms with Gasteiger partial charge in [0.05, 0.1) is 28.2 Å². The molecule has 2 aromatic heterocycles. The molecule has 1 aromatic carbocycles. The van der Waals surface area contributed by atoms with Crippen molar-refractivity contribution in [1.29, 1.82) is 0 Å². The van der Waals surface area contributed by atoms with Crippen molar-refractivity contribution in [3.63, 3.8) is 0 Å². The normalized spacial score (nSPS) is 19.7. The molecule has 0 radical (unpaired) electrons. The molecule has 12 nitrogen and oxygen atoms in total. The maximum atomic E-state index is 13.1. The average Bonchev–Trinajstić information content (AvgIpc) is 3.39. The zero-order valence-corrected chi connectivity index (χ0v) is 26.4. The molecule has 3 N–H and O–H groups in total. The number of nitrogens with zero attached hydrogens (tertiary/aromatic N) is 5. The molecule has 5 rings (SSSR count). The number of carbonyl (C=O) groups excluding carboxylic acids is 1. The fraction of sp³-hybridized carbons (Fsp3) is 0.548. The van der Waals surface area contributed by atoms with Crippen molar-refractivity contribution in [3.8, 4) is 11.3 Å². The van der Waals surface area contributed by atoms with Crippen LogP contribution in [0.2, 0.25) is 0 Å². The van der Waals surface area contributed by atoms with Gasteiger partial charge in [0.15, 0.2) is 5.65 Å². The smallest absolute Gasteiger partial charge is 0.414 e. The van der Waals surface area contributed by atoms with Crippen LogP contribution in [0.4, 0.5) is 10.7 Å². The number of sulfonamides is 1. The van der Waals surface area contributed by atoms with Crippen LogP contribution >= 0.6 is 0 Å². The Bertz CT molecular complexity index is 1560. The lowest BCUT2D eigenvalue weighted by Gasteiger charge is -2.31. The Morgan fingerprint density at radius 1 is 1.11 bits per heavy atom. The molecule has 2 aliphatic rings. The first-order valence-electron chi connectivity index (χ1n) is 15.5. The Hall–Kier alpha value is -3.55. The molecule has 238 valence electrons. The summed E-state index contributed by atoms with van der Waals surface area (Å²) in [4.78, 5) is 23.2. The number of allylic oxidation sites excluding steroid dienone is 1. The molecule has 0 spiro atoms. The van der Waals surface area contributed by atoms with Crippen LogP contribution in [0.1, 0.15) is 71.3 Å². The lowest BCUT2D eigenvalue weighted by atomic mass is 9.93. The van der Waals surface area contributed by atoms with E-state index in [1.807, 2.05) is 4.68 Å². The van der Waals surface area contributed by atoms with E-state index in [1.165, 1.54) is 0 Å². The van der Waals surface area contributed by atoms with Gasteiger partial charge in [0.1, 0.15) is 5.69 Å².